The van der Waals surface area contributed by atoms with Crippen LogP contribution >= 0.6 is 0 Å². The first-order valence-electron chi connectivity index (χ1n) is 10.4. The second kappa shape index (κ2) is 9.25. The number of carbonyl (C=O) groups is 1. The van der Waals surface area contributed by atoms with Crippen molar-refractivity contribution in [2.45, 2.75) is 32.4 Å². The van der Waals surface area contributed by atoms with E-state index in [-0.39, 0.29) is 0 Å². The Morgan fingerprint density at radius 1 is 1.07 bits per heavy atom. The third-order valence-corrected chi connectivity index (χ3v) is 5.83. The molecule has 1 saturated heterocycles. The van der Waals surface area contributed by atoms with Gasteiger partial charge in [-0.25, -0.2) is 0 Å². The van der Waals surface area contributed by atoms with Crippen LogP contribution < -0.4 is 11.1 Å². The Hall–Kier alpha value is -2.63. The van der Waals surface area contributed by atoms with E-state index in [1.54, 1.807) is 12.1 Å². The van der Waals surface area contributed by atoms with Crippen LogP contribution in [0.1, 0.15) is 40.7 Å². The van der Waals surface area contributed by atoms with Gasteiger partial charge < -0.3 is 20.4 Å². The molecule has 1 aromatic heterocycles. The quantitative estimate of drug-likeness (QED) is 0.575. The lowest BCUT2D eigenvalue weighted by Gasteiger charge is -2.21. The van der Waals surface area contributed by atoms with Gasteiger partial charge in [-0.15, -0.1) is 0 Å². The molecule has 0 atom stereocenters. The second-order valence-corrected chi connectivity index (χ2v) is 7.92. The number of amides is 1. The molecule has 3 N–H and O–H groups in total. The van der Waals surface area contributed by atoms with E-state index >= 15 is 0 Å². The lowest BCUT2D eigenvalue weighted by molar-refractivity contribution is 0.0639. The topological polar surface area (TPSA) is 69.3 Å². The highest BCUT2D eigenvalue weighted by molar-refractivity contribution is 5.92. The SMILES string of the molecule is NC(=O)c1ccc(Cn2ccc3cc(CNCCC4CCOCC4)ccc32)cc1. The summed E-state index contributed by atoms with van der Waals surface area (Å²) in [5.74, 6) is 0.418. The number of rotatable bonds is 8. The molecule has 0 unspecified atom stereocenters. The van der Waals surface area contributed by atoms with Crippen LogP contribution in [0.25, 0.3) is 10.9 Å². The van der Waals surface area contributed by atoms with Gasteiger partial charge in [0.05, 0.1) is 0 Å². The van der Waals surface area contributed by atoms with E-state index in [9.17, 15) is 4.79 Å². The molecule has 1 aliphatic rings. The molecule has 152 valence electrons. The van der Waals surface area contributed by atoms with Gasteiger partial charge in [0, 0.05) is 43.6 Å². The molecule has 0 radical (unpaired) electrons. The van der Waals surface area contributed by atoms with Crippen molar-refractivity contribution in [2.24, 2.45) is 11.7 Å². The van der Waals surface area contributed by atoms with Crippen LogP contribution in [-0.2, 0) is 17.8 Å². The Balaban J connectivity index is 1.33. The molecule has 1 amide bonds. The molecule has 2 heterocycles. The van der Waals surface area contributed by atoms with Crippen LogP contribution in [-0.4, -0.2) is 30.2 Å². The van der Waals surface area contributed by atoms with Crippen molar-refractivity contribution in [3.63, 3.8) is 0 Å². The highest BCUT2D eigenvalue weighted by Gasteiger charge is 2.13. The first kappa shape index (κ1) is 19.7. The number of hydrogen-bond acceptors (Lipinski definition) is 3. The predicted octanol–water partition coefficient (Wildman–Crippen LogP) is 3.69. The molecule has 1 aliphatic heterocycles. The average Bonchev–Trinajstić information content (AvgIpc) is 3.14. The highest BCUT2D eigenvalue weighted by Crippen LogP contribution is 2.20. The van der Waals surface area contributed by atoms with Gasteiger partial charge in [-0.05, 0) is 78.6 Å². The minimum atomic E-state index is -0.392. The van der Waals surface area contributed by atoms with Gasteiger partial charge in [-0.2, -0.15) is 0 Å². The molecule has 29 heavy (non-hydrogen) atoms. The van der Waals surface area contributed by atoms with E-state index in [0.29, 0.717) is 5.56 Å². The Labute approximate surface area is 171 Å². The number of nitrogens with one attached hydrogen (secondary N) is 1. The molecule has 5 heteroatoms. The van der Waals surface area contributed by atoms with Crippen LogP contribution in [0.4, 0.5) is 0 Å². The summed E-state index contributed by atoms with van der Waals surface area (Å²) >= 11 is 0. The van der Waals surface area contributed by atoms with Crippen LogP contribution in [0.5, 0.6) is 0 Å². The summed E-state index contributed by atoms with van der Waals surface area (Å²) in [6, 6.07) is 16.3. The Kier molecular flexibility index (Phi) is 6.27. The minimum absolute atomic E-state index is 0.392. The van der Waals surface area contributed by atoms with Gasteiger partial charge in [0.1, 0.15) is 0 Å². The van der Waals surface area contributed by atoms with E-state index in [1.165, 1.54) is 35.7 Å². The van der Waals surface area contributed by atoms with Gasteiger partial charge in [0.2, 0.25) is 5.91 Å². The summed E-state index contributed by atoms with van der Waals surface area (Å²) in [5, 5.41) is 4.84. The van der Waals surface area contributed by atoms with Crippen molar-refractivity contribution in [1.29, 1.82) is 0 Å². The maximum absolute atomic E-state index is 11.2. The lowest BCUT2D eigenvalue weighted by Crippen LogP contribution is -2.22. The molecule has 5 nitrogen and oxygen atoms in total. The van der Waals surface area contributed by atoms with Crippen molar-refractivity contribution >= 4 is 16.8 Å². The van der Waals surface area contributed by atoms with Gasteiger partial charge in [-0.1, -0.05) is 18.2 Å². The minimum Gasteiger partial charge on any atom is -0.381 e. The number of carbonyl (C=O) groups excluding carboxylic acids is 1. The number of nitrogens with two attached hydrogens (primary N) is 1. The third-order valence-electron chi connectivity index (χ3n) is 5.83. The van der Waals surface area contributed by atoms with Crippen molar-refractivity contribution < 1.29 is 9.53 Å². The van der Waals surface area contributed by atoms with Crippen LogP contribution in [0, 0.1) is 5.92 Å². The Morgan fingerprint density at radius 3 is 2.59 bits per heavy atom. The number of primary amides is 1. The number of aromatic nitrogens is 1. The first-order valence-corrected chi connectivity index (χ1v) is 10.4. The lowest BCUT2D eigenvalue weighted by atomic mass is 9.97. The summed E-state index contributed by atoms with van der Waals surface area (Å²) in [6.45, 7) is 4.58. The molecular formula is C24H29N3O2. The fourth-order valence-electron chi connectivity index (χ4n) is 4.04. The van der Waals surface area contributed by atoms with E-state index in [1.807, 2.05) is 12.1 Å². The molecular weight excluding hydrogens is 362 g/mol. The van der Waals surface area contributed by atoms with Gasteiger partial charge in [0.25, 0.3) is 0 Å². The van der Waals surface area contributed by atoms with Crippen molar-refractivity contribution in [2.75, 3.05) is 19.8 Å². The van der Waals surface area contributed by atoms with Gasteiger partial charge >= 0.3 is 0 Å². The summed E-state index contributed by atoms with van der Waals surface area (Å²) in [4.78, 5) is 11.2. The first-order chi connectivity index (χ1) is 14.2. The van der Waals surface area contributed by atoms with Crippen molar-refractivity contribution in [3.05, 3.63) is 71.4 Å². The normalized spacial score (nSPS) is 15.0. The number of nitrogens with zero attached hydrogens (tertiary/aromatic N) is 1. The fraction of sp³-hybridized carbons (Fsp3) is 0.375. The van der Waals surface area contributed by atoms with E-state index in [4.69, 9.17) is 10.5 Å². The average molecular weight is 392 g/mol. The van der Waals surface area contributed by atoms with Gasteiger partial charge in [0.15, 0.2) is 0 Å². The molecule has 0 spiro atoms. The summed E-state index contributed by atoms with van der Waals surface area (Å²) < 4.78 is 7.66. The third kappa shape index (κ3) is 5.05. The second-order valence-electron chi connectivity index (χ2n) is 7.92. The maximum atomic E-state index is 11.2. The summed E-state index contributed by atoms with van der Waals surface area (Å²) in [5.41, 5.74) is 9.53. The van der Waals surface area contributed by atoms with E-state index in [0.717, 1.165) is 44.3 Å². The zero-order valence-corrected chi connectivity index (χ0v) is 16.8. The molecule has 2 aromatic carbocycles. The monoisotopic (exact) mass is 391 g/mol. The standard InChI is InChI=1S/C24H29N3O2/c25-24(28)21-4-1-19(2-5-21)17-27-12-8-22-15-20(3-6-23(22)27)16-26-11-7-18-9-13-29-14-10-18/h1-6,8,12,15,18,26H,7,9-11,13-14,16-17H2,(H2,25,28). The smallest absolute Gasteiger partial charge is 0.248 e. The number of hydrogen-bond donors (Lipinski definition) is 2. The van der Waals surface area contributed by atoms with Crippen LogP contribution in [0.15, 0.2) is 54.7 Å². The predicted molar refractivity (Wildman–Crippen MR) is 116 cm³/mol. The van der Waals surface area contributed by atoms with Gasteiger partial charge in [-0.3, -0.25) is 4.79 Å². The number of ether oxygens (including phenoxy) is 1. The summed E-state index contributed by atoms with van der Waals surface area (Å²) in [7, 11) is 0. The molecule has 4 rings (SSSR count). The fourth-order valence-corrected chi connectivity index (χ4v) is 4.04. The number of fused-ring (bicyclic) bond motifs is 1. The summed E-state index contributed by atoms with van der Waals surface area (Å²) in [6.07, 6.45) is 5.75. The molecule has 0 aliphatic carbocycles. The van der Waals surface area contributed by atoms with Crippen LogP contribution in [0.2, 0.25) is 0 Å². The largest absolute Gasteiger partial charge is 0.381 e. The van der Waals surface area contributed by atoms with E-state index in [2.05, 4.69) is 40.3 Å². The molecule has 0 bridgehead atoms. The molecule has 3 aromatic rings. The number of benzene rings is 2. The van der Waals surface area contributed by atoms with Crippen molar-refractivity contribution in [1.82, 2.24) is 9.88 Å². The Bertz CT molecular complexity index is 956. The zero-order chi connectivity index (χ0) is 20.1. The zero-order valence-electron chi connectivity index (χ0n) is 16.8. The van der Waals surface area contributed by atoms with E-state index < -0.39 is 5.91 Å². The molecule has 0 saturated carbocycles. The molecule has 1 fully saturated rings. The Morgan fingerprint density at radius 2 is 1.83 bits per heavy atom. The van der Waals surface area contributed by atoms with Crippen LogP contribution in [0.3, 0.4) is 0 Å². The maximum Gasteiger partial charge on any atom is 0.248 e. The van der Waals surface area contributed by atoms with Crippen molar-refractivity contribution in [3.8, 4) is 0 Å². The highest BCUT2D eigenvalue weighted by atomic mass is 16.5.